The van der Waals surface area contributed by atoms with E-state index in [9.17, 15) is 24.9 Å². The molecule has 0 bridgehead atoms. The highest BCUT2D eigenvalue weighted by Gasteiger charge is 2.34. The Bertz CT molecular complexity index is 451. The molecule has 25 heavy (non-hydrogen) atoms. The van der Waals surface area contributed by atoms with Gasteiger partial charge in [-0.3, -0.25) is 9.59 Å². The number of Topliss-reactive ketones (excluding diaryl/α,β-unsaturated/α-hetero) is 1. The molecular weight excluding hydrogens is 324 g/mol. The Balaban J connectivity index is 3.03. The van der Waals surface area contributed by atoms with Gasteiger partial charge in [-0.1, -0.05) is 34.6 Å². The second-order valence-corrected chi connectivity index (χ2v) is 7.77. The minimum absolute atomic E-state index is 0.0113. The van der Waals surface area contributed by atoms with E-state index >= 15 is 0 Å². The fraction of sp³-hybridized carbons (Fsp3) is 0.895. The van der Waals surface area contributed by atoms with Gasteiger partial charge in [0.05, 0.1) is 24.7 Å². The van der Waals surface area contributed by atoms with Gasteiger partial charge in [-0.05, 0) is 18.8 Å². The number of ketones is 1. The normalized spacial score (nSPS) is 42.6. The Kier molecular flexibility index (Phi) is 8.51. The summed E-state index contributed by atoms with van der Waals surface area (Å²) in [5.74, 6) is -1.99. The van der Waals surface area contributed by atoms with Crippen molar-refractivity contribution < 1.29 is 29.6 Å². The molecule has 3 N–H and O–H groups in total. The van der Waals surface area contributed by atoms with Gasteiger partial charge in [-0.2, -0.15) is 0 Å². The molecule has 1 saturated heterocycles. The highest BCUT2D eigenvalue weighted by Crippen LogP contribution is 2.27. The Morgan fingerprint density at radius 3 is 2.08 bits per heavy atom. The van der Waals surface area contributed by atoms with Crippen molar-refractivity contribution in [2.24, 2.45) is 23.7 Å². The third-order valence-electron chi connectivity index (χ3n) is 5.67. The number of hydrogen-bond donors (Lipinski definition) is 3. The molecule has 1 rings (SSSR count). The van der Waals surface area contributed by atoms with Crippen molar-refractivity contribution in [2.75, 3.05) is 0 Å². The topological polar surface area (TPSA) is 104 Å². The average molecular weight is 358 g/mol. The summed E-state index contributed by atoms with van der Waals surface area (Å²) >= 11 is 0. The van der Waals surface area contributed by atoms with E-state index in [1.807, 2.05) is 13.8 Å². The van der Waals surface area contributed by atoms with Crippen molar-refractivity contribution in [1.82, 2.24) is 0 Å². The molecule has 1 fully saturated rings. The minimum Gasteiger partial charge on any atom is -0.462 e. The van der Waals surface area contributed by atoms with Gasteiger partial charge < -0.3 is 20.1 Å². The monoisotopic (exact) mass is 358 g/mol. The van der Waals surface area contributed by atoms with Crippen LogP contribution in [-0.4, -0.2) is 51.5 Å². The minimum atomic E-state index is -1.02. The summed E-state index contributed by atoms with van der Waals surface area (Å²) < 4.78 is 5.42. The van der Waals surface area contributed by atoms with E-state index in [-0.39, 0.29) is 36.4 Å². The number of carbonyl (C=O) groups is 2. The van der Waals surface area contributed by atoms with Gasteiger partial charge in [0.2, 0.25) is 0 Å². The molecule has 8 atom stereocenters. The lowest BCUT2D eigenvalue weighted by molar-refractivity contribution is -0.158. The molecule has 1 aliphatic rings. The summed E-state index contributed by atoms with van der Waals surface area (Å²) in [7, 11) is 0. The molecule has 0 aliphatic carbocycles. The van der Waals surface area contributed by atoms with Crippen molar-refractivity contribution in [1.29, 1.82) is 0 Å². The van der Waals surface area contributed by atoms with Crippen LogP contribution in [0.15, 0.2) is 0 Å². The molecule has 0 unspecified atom stereocenters. The molecule has 146 valence electrons. The van der Waals surface area contributed by atoms with E-state index in [1.54, 1.807) is 20.8 Å². The van der Waals surface area contributed by atoms with Gasteiger partial charge in [0.15, 0.2) is 0 Å². The Morgan fingerprint density at radius 2 is 1.52 bits per heavy atom. The molecule has 0 spiro atoms. The standard InChI is InChI=1S/C19H34O6/c1-6-17-12(4)15(21)8-14(20)10(2)7-11(3)19(24)13(5)16(22)9-18(23)25-17/h10-13,15-17,19,21-22,24H,6-9H2,1-5H3/t10-,11+,12-,13+,15-,16-,17-,19+/m1/s1. The zero-order valence-electron chi connectivity index (χ0n) is 16.0. The molecule has 0 aromatic rings. The molecule has 0 saturated carbocycles. The van der Waals surface area contributed by atoms with E-state index in [2.05, 4.69) is 0 Å². The molecule has 6 nitrogen and oxygen atoms in total. The summed E-state index contributed by atoms with van der Waals surface area (Å²) in [6.07, 6.45) is -2.45. The Hall–Kier alpha value is -0.980. The van der Waals surface area contributed by atoms with Crippen LogP contribution in [0.1, 0.15) is 60.3 Å². The number of carbonyl (C=O) groups excluding carboxylic acids is 2. The lowest BCUT2D eigenvalue weighted by Crippen LogP contribution is -2.40. The zero-order valence-corrected chi connectivity index (χ0v) is 16.0. The maximum absolute atomic E-state index is 12.4. The summed E-state index contributed by atoms with van der Waals surface area (Å²) in [5.41, 5.74) is 0. The second kappa shape index (κ2) is 9.64. The van der Waals surface area contributed by atoms with Crippen LogP contribution in [-0.2, 0) is 14.3 Å². The zero-order chi connectivity index (χ0) is 19.3. The van der Waals surface area contributed by atoms with Crippen LogP contribution in [0, 0.1) is 23.7 Å². The molecule has 0 aromatic carbocycles. The molecule has 6 heteroatoms. The van der Waals surface area contributed by atoms with Gasteiger partial charge >= 0.3 is 5.97 Å². The molecule has 0 aromatic heterocycles. The Labute approximate surface area is 150 Å². The number of cyclic esters (lactones) is 1. The number of rotatable bonds is 1. The summed E-state index contributed by atoms with van der Waals surface area (Å²) in [5, 5.41) is 31.1. The van der Waals surface area contributed by atoms with Crippen molar-refractivity contribution >= 4 is 11.8 Å². The largest absolute Gasteiger partial charge is 0.462 e. The van der Waals surface area contributed by atoms with Gasteiger partial charge in [0.25, 0.3) is 0 Å². The van der Waals surface area contributed by atoms with Gasteiger partial charge in [0.1, 0.15) is 11.9 Å². The number of ether oxygens (including phenoxy) is 1. The van der Waals surface area contributed by atoms with Crippen LogP contribution in [0.5, 0.6) is 0 Å². The van der Waals surface area contributed by atoms with Gasteiger partial charge in [-0.25, -0.2) is 0 Å². The van der Waals surface area contributed by atoms with Gasteiger partial charge in [-0.15, -0.1) is 0 Å². The first-order chi connectivity index (χ1) is 11.6. The van der Waals surface area contributed by atoms with Crippen LogP contribution in [0.3, 0.4) is 0 Å². The molecule has 1 heterocycles. The highest BCUT2D eigenvalue weighted by atomic mass is 16.5. The predicted molar refractivity (Wildman–Crippen MR) is 93.7 cm³/mol. The van der Waals surface area contributed by atoms with Crippen LogP contribution in [0.25, 0.3) is 0 Å². The van der Waals surface area contributed by atoms with E-state index in [4.69, 9.17) is 4.74 Å². The summed E-state index contributed by atoms with van der Waals surface area (Å²) in [4.78, 5) is 24.5. The van der Waals surface area contributed by atoms with Crippen molar-refractivity contribution in [3.63, 3.8) is 0 Å². The first-order valence-electron chi connectivity index (χ1n) is 9.34. The average Bonchev–Trinajstić information content (AvgIpc) is 2.56. The number of hydrogen-bond acceptors (Lipinski definition) is 6. The quantitative estimate of drug-likeness (QED) is 0.616. The Morgan fingerprint density at radius 1 is 0.960 bits per heavy atom. The van der Waals surface area contributed by atoms with Crippen LogP contribution < -0.4 is 0 Å². The molecular formula is C19H34O6. The van der Waals surface area contributed by atoms with Crippen molar-refractivity contribution in [3.8, 4) is 0 Å². The van der Waals surface area contributed by atoms with Crippen molar-refractivity contribution in [2.45, 2.75) is 84.7 Å². The van der Waals surface area contributed by atoms with E-state index in [0.29, 0.717) is 12.8 Å². The highest BCUT2D eigenvalue weighted by molar-refractivity contribution is 5.81. The third-order valence-corrected chi connectivity index (χ3v) is 5.67. The fourth-order valence-corrected chi connectivity index (χ4v) is 3.55. The van der Waals surface area contributed by atoms with E-state index in [0.717, 1.165) is 0 Å². The van der Waals surface area contributed by atoms with E-state index < -0.39 is 36.3 Å². The number of aliphatic hydroxyl groups is 3. The fourth-order valence-electron chi connectivity index (χ4n) is 3.55. The van der Waals surface area contributed by atoms with Crippen LogP contribution in [0.2, 0.25) is 0 Å². The predicted octanol–water partition coefficient (Wildman–Crippen LogP) is 1.69. The summed E-state index contributed by atoms with van der Waals surface area (Å²) in [6, 6.07) is 0. The molecule has 1 aliphatic heterocycles. The number of aliphatic hydroxyl groups excluding tert-OH is 3. The summed E-state index contributed by atoms with van der Waals surface area (Å²) in [6.45, 7) is 8.93. The SMILES string of the molecule is CC[C@H]1OC(=O)C[C@@H](O)[C@H](C)[C@@H](O)[C@@H](C)C[C@@H](C)C(=O)C[C@@H](O)[C@H]1C. The van der Waals surface area contributed by atoms with Crippen LogP contribution >= 0.6 is 0 Å². The maximum atomic E-state index is 12.4. The van der Waals surface area contributed by atoms with Gasteiger partial charge in [0, 0.05) is 24.2 Å². The molecule has 0 radical (unpaired) electrons. The third kappa shape index (κ3) is 6.04. The van der Waals surface area contributed by atoms with Crippen molar-refractivity contribution in [3.05, 3.63) is 0 Å². The maximum Gasteiger partial charge on any atom is 0.308 e. The molecule has 0 amide bonds. The first kappa shape index (κ1) is 22.1. The second-order valence-electron chi connectivity index (χ2n) is 7.77. The lowest BCUT2D eigenvalue weighted by Gasteiger charge is -2.32. The number of esters is 1. The first-order valence-corrected chi connectivity index (χ1v) is 9.34. The smallest absolute Gasteiger partial charge is 0.308 e. The lowest BCUT2D eigenvalue weighted by atomic mass is 9.81. The van der Waals surface area contributed by atoms with E-state index in [1.165, 1.54) is 0 Å². The van der Waals surface area contributed by atoms with Crippen LogP contribution in [0.4, 0.5) is 0 Å².